The Morgan fingerprint density at radius 1 is 1.00 bits per heavy atom. The van der Waals surface area contributed by atoms with Crippen molar-refractivity contribution < 1.29 is 9.59 Å². The van der Waals surface area contributed by atoms with Gasteiger partial charge in [0.05, 0.1) is 5.69 Å². The summed E-state index contributed by atoms with van der Waals surface area (Å²) in [5.74, 6) is -0.345. The third-order valence-corrected chi connectivity index (χ3v) is 4.21. The van der Waals surface area contributed by atoms with Gasteiger partial charge in [-0.15, -0.1) is 0 Å². The van der Waals surface area contributed by atoms with Gasteiger partial charge in [0.2, 0.25) is 0 Å². The van der Waals surface area contributed by atoms with Crippen molar-refractivity contribution in [2.24, 2.45) is 0 Å². The van der Waals surface area contributed by atoms with E-state index in [4.69, 9.17) is 0 Å². The van der Waals surface area contributed by atoms with E-state index in [1.54, 1.807) is 59.5 Å². The molecule has 0 aliphatic rings. The summed E-state index contributed by atoms with van der Waals surface area (Å²) in [4.78, 5) is 28.4. The van der Waals surface area contributed by atoms with Crippen LogP contribution in [0.25, 0.3) is 5.69 Å². The molecule has 0 saturated carbocycles. The van der Waals surface area contributed by atoms with Crippen LogP contribution in [0.15, 0.2) is 61.2 Å². The van der Waals surface area contributed by atoms with Gasteiger partial charge in [0.25, 0.3) is 11.8 Å². The summed E-state index contributed by atoms with van der Waals surface area (Å²) in [7, 11) is 0. The molecule has 138 valence electrons. The van der Waals surface area contributed by atoms with Gasteiger partial charge < -0.3 is 10.6 Å². The van der Waals surface area contributed by atoms with Crippen molar-refractivity contribution in [3.8, 4) is 5.69 Å². The van der Waals surface area contributed by atoms with E-state index >= 15 is 0 Å². The molecule has 3 rings (SSSR count). The number of nitrogens with one attached hydrogen (secondary N) is 2. The fraction of sp³-hybridized carbons (Fsp3) is 0.200. The van der Waals surface area contributed by atoms with Crippen LogP contribution in [0.3, 0.4) is 0 Å². The molecule has 1 aromatic heterocycles. The molecule has 0 aliphatic heterocycles. The van der Waals surface area contributed by atoms with E-state index in [1.165, 1.54) is 6.33 Å². The highest BCUT2D eigenvalue weighted by Gasteiger charge is 2.10. The van der Waals surface area contributed by atoms with Crippen LogP contribution < -0.4 is 10.6 Å². The number of nitrogens with zero attached hydrogens (tertiary/aromatic N) is 3. The Balaban J connectivity index is 1.63. The molecule has 1 heterocycles. The lowest BCUT2D eigenvalue weighted by atomic mass is 10.1. The fourth-order valence-electron chi connectivity index (χ4n) is 2.42. The molecule has 0 spiro atoms. The summed E-state index contributed by atoms with van der Waals surface area (Å²) in [5, 5.41) is 9.78. The number of rotatable bonds is 6. The largest absolute Gasteiger partial charge is 0.350 e. The van der Waals surface area contributed by atoms with Crippen molar-refractivity contribution in [2.75, 3.05) is 5.32 Å². The van der Waals surface area contributed by atoms with E-state index < -0.39 is 0 Å². The van der Waals surface area contributed by atoms with Crippen molar-refractivity contribution in [3.05, 3.63) is 72.3 Å². The normalized spacial score (nSPS) is 11.6. The molecule has 2 amide bonds. The molecule has 1 atom stereocenters. The number of carbonyl (C=O) groups excluding carboxylic acids is 2. The molecule has 0 fully saturated rings. The van der Waals surface area contributed by atoms with E-state index in [-0.39, 0.29) is 17.9 Å². The van der Waals surface area contributed by atoms with Crippen molar-refractivity contribution >= 4 is 17.5 Å². The SMILES string of the molecule is CCC(C)NC(=O)c1ccc(NC(=O)c2ccc(-n3cncn3)cc2)cc1. The highest BCUT2D eigenvalue weighted by molar-refractivity contribution is 6.04. The zero-order chi connectivity index (χ0) is 19.2. The first kappa shape index (κ1) is 18.3. The second-order valence-corrected chi connectivity index (χ2v) is 6.20. The van der Waals surface area contributed by atoms with Crippen molar-refractivity contribution in [1.29, 1.82) is 0 Å². The van der Waals surface area contributed by atoms with Crippen molar-refractivity contribution in [1.82, 2.24) is 20.1 Å². The number of anilines is 1. The van der Waals surface area contributed by atoms with Gasteiger partial charge >= 0.3 is 0 Å². The maximum atomic E-state index is 12.4. The van der Waals surface area contributed by atoms with Gasteiger partial charge in [-0.25, -0.2) is 9.67 Å². The molecule has 3 aromatic rings. The lowest BCUT2D eigenvalue weighted by Gasteiger charge is -2.12. The van der Waals surface area contributed by atoms with Gasteiger partial charge in [0.1, 0.15) is 12.7 Å². The van der Waals surface area contributed by atoms with Gasteiger partial charge in [-0.1, -0.05) is 6.92 Å². The molecule has 1 unspecified atom stereocenters. The smallest absolute Gasteiger partial charge is 0.255 e. The van der Waals surface area contributed by atoms with E-state index in [1.807, 2.05) is 13.8 Å². The lowest BCUT2D eigenvalue weighted by molar-refractivity contribution is 0.0938. The van der Waals surface area contributed by atoms with Crippen LogP contribution in [-0.4, -0.2) is 32.6 Å². The fourth-order valence-corrected chi connectivity index (χ4v) is 2.42. The van der Waals surface area contributed by atoms with Crippen LogP contribution in [0.1, 0.15) is 41.0 Å². The second-order valence-electron chi connectivity index (χ2n) is 6.20. The summed E-state index contributed by atoms with van der Waals surface area (Å²) < 4.78 is 1.62. The number of aromatic nitrogens is 3. The standard InChI is InChI=1S/C20H21N5O2/c1-3-14(2)23-19(26)15-4-8-17(9-5-15)24-20(27)16-6-10-18(11-7-16)25-13-21-12-22-25/h4-14H,3H2,1-2H3,(H,23,26)(H,24,27). The van der Waals surface area contributed by atoms with Gasteiger partial charge in [0.15, 0.2) is 0 Å². The summed E-state index contributed by atoms with van der Waals surface area (Å²) in [6, 6.07) is 14.0. The van der Waals surface area contributed by atoms with Gasteiger partial charge in [0, 0.05) is 22.9 Å². The number of hydrogen-bond acceptors (Lipinski definition) is 4. The lowest BCUT2D eigenvalue weighted by Crippen LogP contribution is -2.31. The zero-order valence-electron chi connectivity index (χ0n) is 15.2. The summed E-state index contributed by atoms with van der Waals surface area (Å²) in [5.41, 5.74) is 2.53. The monoisotopic (exact) mass is 363 g/mol. The highest BCUT2D eigenvalue weighted by atomic mass is 16.2. The first-order valence-corrected chi connectivity index (χ1v) is 8.74. The Hall–Kier alpha value is -3.48. The molecule has 0 saturated heterocycles. The second kappa shape index (κ2) is 8.27. The molecule has 2 N–H and O–H groups in total. The van der Waals surface area contributed by atoms with Crippen LogP contribution in [0.4, 0.5) is 5.69 Å². The van der Waals surface area contributed by atoms with Crippen LogP contribution in [0.2, 0.25) is 0 Å². The van der Waals surface area contributed by atoms with E-state index in [0.717, 1.165) is 12.1 Å². The Kier molecular flexibility index (Phi) is 5.61. The average Bonchev–Trinajstić information content (AvgIpc) is 3.23. The number of carbonyl (C=O) groups is 2. The average molecular weight is 363 g/mol. The van der Waals surface area contributed by atoms with Crippen LogP contribution in [0.5, 0.6) is 0 Å². The zero-order valence-corrected chi connectivity index (χ0v) is 15.2. The molecular weight excluding hydrogens is 342 g/mol. The predicted octanol–water partition coefficient (Wildman–Crippen LogP) is 3.05. The Morgan fingerprint density at radius 2 is 1.63 bits per heavy atom. The van der Waals surface area contributed by atoms with E-state index in [0.29, 0.717) is 16.8 Å². The van der Waals surface area contributed by atoms with Gasteiger partial charge in [-0.05, 0) is 61.9 Å². The molecule has 7 nitrogen and oxygen atoms in total. The van der Waals surface area contributed by atoms with Crippen LogP contribution in [-0.2, 0) is 0 Å². The van der Waals surface area contributed by atoms with Crippen LogP contribution in [0, 0.1) is 0 Å². The van der Waals surface area contributed by atoms with E-state index in [2.05, 4.69) is 20.7 Å². The van der Waals surface area contributed by atoms with Crippen molar-refractivity contribution in [2.45, 2.75) is 26.3 Å². The summed E-state index contributed by atoms with van der Waals surface area (Å²) >= 11 is 0. The van der Waals surface area contributed by atoms with E-state index in [9.17, 15) is 9.59 Å². The first-order valence-electron chi connectivity index (χ1n) is 8.74. The van der Waals surface area contributed by atoms with Crippen molar-refractivity contribution in [3.63, 3.8) is 0 Å². The Labute approximate surface area is 157 Å². The van der Waals surface area contributed by atoms with Crippen LogP contribution >= 0.6 is 0 Å². The highest BCUT2D eigenvalue weighted by Crippen LogP contribution is 2.13. The maximum absolute atomic E-state index is 12.4. The Bertz CT molecular complexity index is 903. The third-order valence-electron chi connectivity index (χ3n) is 4.21. The molecule has 27 heavy (non-hydrogen) atoms. The summed E-state index contributed by atoms with van der Waals surface area (Å²) in [6.07, 6.45) is 3.91. The van der Waals surface area contributed by atoms with Gasteiger partial charge in [-0.3, -0.25) is 9.59 Å². The molecule has 0 bridgehead atoms. The first-order chi connectivity index (χ1) is 13.1. The molecule has 7 heteroatoms. The topological polar surface area (TPSA) is 88.9 Å². The summed E-state index contributed by atoms with van der Waals surface area (Å²) in [6.45, 7) is 3.97. The number of amides is 2. The molecular formula is C20H21N5O2. The van der Waals surface area contributed by atoms with Gasteiger partial charge in [-0.2, -0.15) is 5.10 Å². The predicted molar refractivity (Wildman–Crippen MR) is 103 cm³/mol. The minimum absolute atomic E-state index is 0.120. The molecule has 0 aliphatic carbocycles. The number of hydrogen-bond donors (Lipinski definition) is 2. The number of benzene rings is 2. The third kappa shape index (κ3) is 4.58. The Morgan fingerprint density at radius 3 is 2.22 bits per heavy atom. The minimum atomic E-state index is -0.225. The molecule has 2 aromatic carbocycles. The quantitative estimate of drug-likeness (QED) is 0.704. The minimum Gasteiger partial charge on any atom is -0.350 e. The maximum Gasteiger partial charge on any atom is 0.255 e. The molecule has 0 radical (unpaired) electrons.